The fourth-order valence-electron chi connectivity index (χ4n) is 7.43. The van der Waals surface area contributed by atoms with Crippen molar-refractivity contribution in [2.45, 2.75) is 96.9 Å². The van der Waals surface area contributed by atoms with E-state index in [0.29, 0.717) is 39.0 Å². The lowest BCUT2D eigenvalue weighted by molar-refractivity contribution is -0.158. The number of fused-ring (bicyclic) bond motifs is 1. The van der Waals surface area contributed by atoms with Crippen molar-refractivity contribution in [2.75, 3.05) is 32.8 Å². The number of hydrogen-bond acceptors (Lipinski definition) is 5. The molecule has 0 aliphatic carbocycles. The van der Waals surface area contributed by atoms with Gasteiger partial charge in [0.1, 0.15) is 11.6 Å². The van der Waals surface area contributed by atoms with Crippen LogP contribution in [0.2, 0.25) is 0 Å². The predicted octanol–water partition coefficient (Wildman–Crippen LogP) is 3.64. The molecular formula is C31H51N3O5. The molecule has 1 N–H and O–H groups in total. The molecule has 2 bridgehead atoms. The third-order valence-corrected chi connectivity index (χ3v) is 9.20. The number of nitrogens with zero attached hydrogens (tertiary/aromatic N) is 3. The first-order chi connectivity index (χ1) is 18.5. The molecule has 1 spiro atoms. The van der Waals surface area contributed by atoms with Gasteiger partial charge in [-0.3, -0.25) is 14.4 Å². The Morgan fingerprint density at radius 3 is 2.26 bits per heavy atom. The Bertz CT molecular complexity index is 937. The normalized spacial score (nSPS) is 31.9. The largest absolute Gasteiger partial charge is 0.394 e. The molecule has 0 aromatic heterocycles. The molecule has 3 aliphatic rings. The Balaban J connectivity index is 2.18. The van der Waals surface area contributed by atoms with Gasteiger partial charge >= 0.3 is 0 Å². The van der Waals surface area contributed by atoms with Crippen molar-refractivity contribution >= 4 is 17.7 Å². The van der Waals surface area contributed by atoms with Gasteiger partial charge < -0.3 is 24.5 Å². The molecule has 39 heavy (non-hydrogen) atoms. The zero-order valence-corrected chi connectivity index (χ0v) is 25.0. The third kappa shape index (κ3) is 5.31. The lowest BCUT2D eigenvalue weighted by atomic mass is 9.62. The summed E-state index contributed by atoms with van der Waals surface area (Å²) >= 11 is 0. The molecule has 8 nitrogen and oxygen atoms in total. The van der Waals surface area contributed by atoms with Gasteiger partial charge in [0, 0.05) is 26.2 Å². The zero-order chi connectivity index (χ0) is 29.1. The Kier molecular flexibility index (Phi) is 10.1. The van der Waals surface area contributed by atoms with E-state index in [2.05, 4.69) is 27.0 Å². The highest BCUT2D eigenvalue weighted by molar-refractivity contribution is 5.99. The number of amides is 3. The molecule has 7 atom stereocenters. The first kappa shape index (κ1) is 31.3. The summed E-state index contributed by atoms with van der Waals surface area (Å²) in [5.74, 6) is -1.85. The Labute approximate surface area is 235 Å². The summed E-state index contributed by atoms with van der Waals surface area (Å²) < 4.78 is 6.90. The smallest absolute Gasteiger partial charge is 0.248 e. The number of likely N-dealkylation sites (tertiary alicyclic amines) is 1. The van der Waals surface area contributed by atoms with Gasteiger partial charge in [0.25, 0.3) is 0 Å². The topological polar surface area (TPSA) is 90.4 Å². The summed E-state index contributed by atoms with van der Waals surface area (Å²) in [6, 6.07) is -1.44. The molecule has 8 heteroatoms. The summed E-state index contributed by atoms with van der Waals surface area (Å²) in [6.45, 7) is 21.5. The average Bonchev–Trinajstić information content (AvgIpc) is 3.40. The molecule has 220 valence electrons. The van der Waals surface area contributed by atoms with Crippen molar-refractivity contribution < 1.29 is 24.2 Å². The molecule has 3 unspecified atom stereocenters. The Morgan fingerprint density at radius 1 is 1.13 bits per heavy atom. The SMILES string of the molecule is C=CCN(CCCC)C(=O)C1N([C@@H](CO)CC(C)C)C(=O)[C@@H]2[C@H](C(=O)N(CC=C)CCC)[C@@]3(C)OC12CC3C. The lowest BCUT2D eigenvalue weighted by Crippen LogP contribution is -2.59. The van der Waals surface area contributed by atoms with Gasteiger partial charge in [0.2, 0.25) is 17.7 Å². The van der Waals surface area contributed by atoms with E-state index in [1.807, 2.05) is 27.7 Å². The number of carbonyl (C=O) groups excluding carboxylic acids is 3. The minimum atomic E-state index is -1.12. The van der Waals surface area contributed by atoms with E-state index in [9.17, 15) is 19.5 Å². The summed E-state index contributed by atoms with van der Waals surface area (Å²) in [5.41, 5.74) is -1.99. The number of carbonyl (C=O) groups is 3. The lowest BCUT2D eigenvalue weighted by Gasteiger charge is -2.40. The monoisotopic (exact) mass is 545 g/mol. The Morgan fingerprint density at radius 2 is 1.74 bits per heavy atom. The third-order valence-electron chi connectivity index (χ3n) is 9.20. The Hall–Kier alpha value is -2.19. The van der Waals surface area contributed by atoms with E-state index in [0.717, 1.165) is 19.3 Å². The van der Waals surface area contributed by atoms with E-state index in [4.69, 9.17) is 4.74 Å². The zero-order valence-electron chi connectivity index (χ0n) is 25.0. The van der Waals surface area contributed by atoms with Gasteiger partial charge in [0.15, 0.2) is 0 Å². The second-order valence-electron chi connectivity index (χ2n) is 12.4. The van der Waals surface area contributed by atoms with Crippen LogP contribution in [0.5, 0.6) is 0 Å². The molecule has 0 aromatic carbocycles. The highest BCUT2D eigenvalue weighted by Gasteiger charge is 2.80. The standard InChI is InChI=1S/C31H51N3O5/c1-9-13-17-33(16-12-4)29(38)26-31-19-22(7)30(8,39-31)24(27(36)32(14-10-2)15-11-3)25(31)28(37)34(26)23(20-35)18-21(5)6/h10,12,21-26,35H,2,4,9,11,13-20H2,1,3,5-8H3/t22?,23-,24-,25+,26?,30+,31?/m1/s1. The molecule has 3 amide bonds. The molecule has 0 radical (unpaired) electrons. The van der Waals surface area contributed by atoms with Crippen molar-refractivity contribution in [1.82, 2.24) is 14.7 Å². The summed E-state index contributed by atoms with van der Waals surface area (Å²) in [6.07, 6.45) is 7.02. The van der Waals surface area contributed by atoms with E-state index >= 15 is 0 Å². The van der Waals surface area contributed by atoms with Crippen molar-refractivity contribution in [2.24, 2.45) is 23.7 Å². The first-order valence-corrected chi connectivity index (χ1v) is 14.9. The second kappa shape index (κ2) is 12.5. The van der Waals surface area contributed by atoms with Gasteiger partial charge in [-0.1, -0.05) is 53.2 Å². The first-order valence-electron chi connectivity index (χ1n) is 14.9. The van der Waals surface area contributed by atoms with Gasteiger partial charge in [-0.05, 0) is 44.4 Å². The average molecular weight is 546 g/mol. The number of ether oxygens (including phenoxy) is 1. The van der Waals surface area contributed by atoms with Crippen LogP contribution in [0.4, 0.5) is 0 Å². The van der Waals surface area contributed by atoms with Crippen LogP contribution in [0.3, 0.4) is 0 Å². The van der Waals surface area contributed by atoms with E-state index in [1.165, 1.54) is 0 Å². The van der Waals surface area contributed by atoms with Crippen LogP contribution < -0.4 is 0 Å². The van der Waals surface area contributed by atoms with Crippen LogP contribution in [-0.4, -0.2) is 93.6 Å². The molecule has 0 aromatic rings. The fourth-order valence-corrected chi connectivity index (χ4v) is 7.43. The quantitative estimate of drug-likeness (QED) is 0.317. The maximum atomic E-state index is 14.5. The van der Waals surface area contributed by atoms with Crippen LogP contribution in [0, 0.1) is 23.7 Å². The number of aliphatic hydroxyl groups excluding tert-OH is 1. The van der Waals surface area contributed by atoms with E-state index in [-0.39, 0.29) is 36.2 Å². The summed E-state index contributed by atoms with van der Waals surface area (Å²) in [5, 5.41) is 10.5. The highest BCUT2D eigenvalue weighted by atomic mass is 16.5. The molecular weight excluding hydrogens is 494 g/mol. The fraction of sp³-hybridized carbons (Fsp3) is 0.774. The van der Waals surface area contributed by atoms with Crippen LogP contribution in [-0.2, 0) is 19.1 Å². The second-order valence-corrected chi connectivity index (χ2v) is 12.4. The number of aliphatic hydroxyl groups is 1. The number of hydrogen-bond donors (Lipinski definition) is 1. The molecule has 3 heterocycles. The molecule has 3 fully saturated rings. The predicted molar refractivity (Wildman–Crippen MR) is 153 cm³/mol. The highest BCUT2D eigenvalue weighted by Crippen LogP contribution is 2.66. The summed E-state index contributed by atoms with van der Waals surface area (Å²) in [7, 11) is 0. The molecule has 3 saturated heterocycles. The minimum absolute atomic E-state index is 0.0286. The minimum Gasteiger partial charge on any atom is -0.394 e. The molecule has 3 rings (SSSR count). The molecule has 0 saturated carbocycles. The summed E-state index contributed by atoms with van der Waals surface area (Å²) in [4.78, 5) is 48.3. The molecule has 3 aliphatic heterocycles. The van der Waals surface area contributed by atoms with Gasteiger partial charge in [-0.15, -0.1) is 13.2 Å². The van der Waals surface area contributed by atoms with Crippen LogP contribution >= 0.6 is 0 Å². The van der Waals surface area contributed by atoms with Crippen molar-refractivity contribution in [3.05, 3.63) is 25.3 Å². The van der Waals surface area contributed by atoms with Gasteiger partial charge in [0.05, 0.1) is 30.1 Å². The number of rotatable bonds is 15. The van der Waals surface area contributed by atoms with Crippen molar-refractivity contribution in [3.63, 3.8) is 0 Å². The van der Waals surface area contributed by atoms with Crippen LogP contribution in [0.15, 0.2) is 25.3 Å². The van der Waals surface area contributed by atoms with Crippen LogP contribution in [0.25, 0.3) is 0 Å². The van der Waals surface area contributed by atoms with E-state index in [1.54, 1.807) is 26.9 Å². The maximum absolute atomic E-state index is 14.5. The maximum Gasteiger partial charge on any atom is 0.248 e. The van der Waals surface area contributed by atoms with Gasteiger partial charge in [-0.2, -0.15) is 0 Å². The van der Waals surface area contributed by atoms with Crippen LogP contribution in [0.1, 0.15) is 73.6 Å². The van der Waals surface area contributed by atoms with Crippen molar-refractivity contribution in [1.29, 1.82) is 0 Å². The number of unbranched alkanes of at least 4 members (excludes halogenated alkanes) is 1. The van der Waals surface area contributed by atoms with Crippen molar-refractivity contribution in [3.8, 4) is 0 Å². The van der Waals surface area contributed by atoms with Gasteiger partial charge in [-0.25, -0.2) is 0 Å². The van der Waals surface area contributed by atoms with E-state index < -0.39 is 35.1 Å².